The summed E-state index contributed by atoms with van der Waals surface area (Å²) in [6.07, 6.45) is 0.771. The lowest BCUT2D eigenvalue weighted by Gasteiger charge is -2.12. The summed E-state index contributed by atoms with van der Waals surface area (Å²) in [7, 11) is 0. The number of carbonyl (C=O) groups is 1. The summed E-state index contributed by atoms with van der Waals surface area (Å²) in [6, 6.07) is 5.05. The Balaban J connectivity index is 2.70. The zero-order valence-corrected chi connectivity index (χ0v) is 12.8. The fourth-order valence-electron chi connectivity index (χ4n) is 1.58. The molecular weight excluding hydrogens is 276 g/mol. The van der Waals surface area contributed by atoms with Gasteiger partial charge < -0.3 is 11.1 Å². The molecule has 0 aliphatic heterocycles. The number of carbonyl (C=O) groups excluding carboxylic acids is 1. The molecule has 0 bridgehead atoms. The predicted octanol–water partition coefficient (Wildman–Crippen LogP) is 2.99. The average Bonchev–Trinajstić information content (AvgIpc) is 2.38. The van der Waals surface area contributed by atoms with Gasteiger partial charge in [-0.1, -0.05) is 44.5 Å². The molecule has 20 heavy (non-hydrogen) atoms. The fourth-order valence-corrected chi connectivity index (χ4v) is 1.83. The van der Waals surface area contributed by atoms with Gasteiger partial charge in [-0.15, -0.1) is 0 Å². The van der Waals surface area contributed by atoms with Crippen LogP contribution in [-0.4, -0.2) is 18.5 Å². The van der Waals surface area contributed by atoms with Gasteiger partial charge in [0, 0.05) is 6.54 Å². The van der Waals surface area contributed by atoms with Gasteiger partial charge in [0.25, 0.3) is 0 Å². The molecule has 6 heteroatoms. The van der Waals surface area contributed by atoms with Crippen LogP contribution in [0.5, 0.6) is 0 Å². The van der Waals surface area contributed by atoms with Crippen molar-refractivity contribution >= 4 is 29.3 Å². The number of anilines is 1. The Morgan fingerprint density at radius 3 is 2.75 bits per heavy atom. The van der Waals surface area contributed by atoms with Crippen molar-refractivity contribution < 1.29 is 4.79 Å². The summed E-state index contributed by atoms with van der Waals surface area (Å²) < 4.78 is 0. The highest BCUT2D eigenvalue weighted by Gasteiger charge is 2.10. The number of para-hydroxylation sites is 1. The Hall–Kier alpha value is -1.75. The summed E-state index contributed by atoms with van der Waals surface area (Å²) in [5, 5.41) is 5.68. The number of benzene rings is 1. The molecule has 0 atom stereocenters. The maximum Gasteiger partial charge on any atom is 0.326 e. The van der Waals surface area contributed by atoms with Gasteiger partial charge in [0.1, 0.15) is 0 Å². The summed E-state index contributed by atoms with van der Waals surface area (Å²) in [4.78, 5) is 15.9. The van der Waals surface area contributed by atoms with E-state index in [9.17, 15) is 4.79 Å². The van der Waals surface area contributed by atoms with E-state index in [4.69, 9.17) is 17.3 Å². The van der Waals surface area contributed by atoms with Crippen LogP contribution in [0.3, 0.4) is 0 Å². The molecule has 0 saturated heterocycles. The van der Waals surface area contributed by atoms with Gasteiger partial charge in [-0.25, -0.2) is 4.79 Å². The molecule has 0 aliphatic rings. The minimum absolute atomic E-state index is 0.0984. The first-order valence-corrected chi connectivity index (χ1v) is 6.97. The predicted molar refractivity (Wildman–Crippen MR) is 84.3 cm³/mol. The Morgan fingerprint density at radius 2 is 2.15 bits per heavy atom. The summed E-state index contributed by atoms with van der Waals surface area (Å²) in [5.74, 6) is 0.481. The van der Waals surface area contributed by atoms with Crippen molar-refractivity contribution in [2.45, 2.75) is 27.2 Å². The first-order chi connectivity index (χ1) is 9.43. The van der Waals surface area contributed by atoms with Crippen LogP contribution >= 0.6 is 11.6 Å². The third kappa shape index (κ3) is 5.09. The number of nitrogens with one attached hydrogen (secondary N) is 2. The van der Waals surface area contributed by atoms with Crippen molar-refractivity contribution in [1.29, 1.82) is 0 Å². The van der Waals surface area contributed by atoms with Crippen molar-refractivity contribution in [2.75, 3.05) is 11.9 Å². The zero-order valence-electron chi connectivity index (χ0n) is 12.0. The third-order valence-corrected chi connectivity index (χ3v) is 2.90. The van der Waals surface area contributed by atoms with Crippen molar-refractivity contribution in [3.8, 4) is 0 Å². The molecule has 0 spiro atoms. The number of hydrogen-bond acceptors (Lipinski definition) is 2. The van der Waals surface area contributed by atoms with E-state index in [2.05, 4.69) is 15.6 Å². The van der Waals surface area contributed by atoms with Gasteiger partial charge >= 0.3 is 6.03 Å². The number of aryl methyl sites for hydroxylation is 1. The molecule has 5 nitrogen and oxygen atoms in total. The van der Waals surface area contributed by atoms with Crippen LogP contribution < -0.4 is 16.4 Å². The zero-order chi connectivity index (χ0) is 15.1. The topological polar surface area (TPSA) is 79.5 Å². The van der Waals surface area contributed by atoms with E-state index in [1.54, 1.807) is 6.07 Å². The van der Waals surface area contributed by atoms with Crippen LogP contribution in [0.25, 0.3) is 0 Å². The van der Waals surface area contributed by atoms with Crippen LogP contribution in [0.1, 0.15) is 26.3 Å². The maximum atomic E-state index is 11.8. The van der Waals surface area contributed by atoms with Crippen LogP contribution in [0.15, 0.2) is 23.2 Å². The van der Waals surface area contributed by atoms with Crippen LogP contribution in [0.4, 0.5) is 10.5 Å². The van der Waals surface area contributed by atoms with E-state index in [0.717, 1.165) is 12.0 Å². The number of hydrogen-bond donors (Lipinski definition) is 3. The number of nitrogens with zero attached hydrogens (tertiary/aromatic N) is 1. The number of amides is 2. The number of rotatable bonds is 4. The Labute approximate surface area is 124 Å². The molecule has 0 radical (unpaired) electrons. The highest BCUT2D eigenvalue weighted by molar-refractivity contribution is 6.34. The van der Waals surface area contributed by atoms with E-state index >= 15 is 0 Å². The van der Waals surface area contributed by atoms with Gasteiger partial charge in [0.05, 0.1) is 10.7 Å². The highest BCUT2D eigenvalue weighted by Crippen LogP contribution is 2.26. The van der Waals surface area contributed by atoms with Gasteiger partial charge in [0.15, 0.2) is 5.96 Å². The minimum Gasteiger partial charge on any atom is -0.370 e. The SMILES string of the molecule is CCc1cccc(Cl)c1NC(=O)NC(N)=NCC(C)C. The van der Waals surface area contributed by atoms with Crippen molar-refractivity contribution in [3.05, 3.63) is 28.8 Å². The Kier molecular flexibility index (Phi) is 6.31. The molecule has 110 valence electrons. The first-order valence-electron chi connectivity index (χ1n) is 6.59. The standard InChI is InChI=1S/C14H21ClN4O/c1-4-10-6-5-7-11(15)12(10)18-14(20)19-13(16)17-8-9(2)3/h5-7,9H,4,8H2,1-3H3,(H4,16,17,18,19,20). The quantitative estimate of drug-likeness (QED) is 0.590. The normalized spacial score (nSPS) is 11.6. The van der Waals surface area contributed by atoms with E-state index in [1.807, 2.05) is 32.9 Å². The lowest BCUT2D eigenvalue weighted by atomic mass is 10.1. The highest BCUT2D eigenvalue weighted by atomic mass is 35.5. The summed E-state index contributed by atoms with van der Waals surface area (Å²) >= 11 is 6.09. The van der Waals surface area contributed by atoms with Crippen LogP contribution in [-0.2, 0) is 6.42 Å². The molecule has 4 N–H and O–H groups in total. The molecule has 0 saturated carbocycles. The minimum atomic E-state index is -0.446. The second-order valence-electron chi connectivity index (χ2n) is 4.83. The third-order valence-electron chi connectivity index (χ3n) is 2.59. The van der Waals surface area contributed by atoms with E-state index in [1.165, 1.54) is 0 Å². The molecule has 0 aliphatic carbocycles. The number of aliphatic imine (C=N–C) groups is 1. The molecule has 1 aromatic rings. The lowest BCUT2D eigenvalue weighted by Crippen LogP contribution is -2.40. The Morgan fingerprint density at radius 1 is 1.45 bits per heavy atom. The van der Waals surface area contributed by atoms with Crippen molar-refractivity contribution in [2.24, 2.45) is 16.6 Å². The smallest absolute Gasteiger partial charge is 0.326 e. The largest absolute Gasteiger partial charge is 0.370 e. The van der Waals surface area contributed by atoms with Crippen LogP contribution in [0.2, 0.25) is 5.02 Å². The van der Waals surface area contributed by atoms with Crippen molar-refractivity contribution in [1.82, 2.24) is 5.32 Å². The number of nitrogens with two attached hydrogens (primary N) is 1. The summed E-state index contributed by atoms with van der Waals surface area (Å²) in [5.41, 5.74) is 7.20. The molecule has 2 amide bonds. The van der Waals surface area contributed by atoms with Gasteiger partial charge in [-0.05, 0) is 24.0 Å². The molecular formula is C14H21ClN4O. The molecule has 0 fully saturated rings. The van der Waals surface area contributed by atoms with E-state index in [0.29, 0.717) is 23.2 Å². The summed E-state index contributed by atoms with van der Waals surface area (Å²) in [6.45, 7) is 6.61. The molecule has 0 heterocycles. The number of halogens is 1. The van der Waals surface area contributed by atoms with E-state index in [-0.39, 0.29) is 5.96 Å². The first kappa shape index (κ1) is 16.3. The lowest BCUT2D eigenvalue weighted by molar-refractivity contribution is 0.256. The van der Waals surface area contributed by atoms with Crippen LogP contribution in [0, 0.1) is 5.92 Å². The second kappa shape index (κ2) is 7.75. The van der Waals surface area contributed by atoms with Crippen molar-refractivity contribution in [3.63, 3.8) is 0 Å². The average molecular weight is 297 g/mol. The monoisotopic (exact) mass is 296 g/mol. The maximum absolute atomic E-state index is 11.8. The number of guanidine groups is 1. The number of urea groups is 1. The fraction of sp³-hybridized carbons (Fsp3) is 0.429. The molecule has 0 unspecified atom stereocenters. The molecule has 1 aromatic carbocycles. The second-order valence-corrected chi connectivity index (χ2v) is 5.23. The van der Waals surface area contributed by atoms with Gasteiger partial charge in [-0.3, -0.25) is 10.3 Å². The van der Waals surface area contributed by atoms with Gasteiger partial charge in [0.2, 0.25) is 0 Å². The molecule has 0 aromatic heterocycles. The van der Waals surface area contributed by atoms with E-state index < -0.39 is 6.03 Å². The molecule has 1 rings (SSSR count). The van der Waals surface area contributed by atoms with Gasteiger partial charge in [-0.2, -0.15) is 0 Å². The Bertz CT molecular complexity index is 500.